The molecular weight excluding hydrogens is 817 g/mol. The number of pyridine rings is 4. The molecule has 0 fully saturated rings. The number of hydrogen-bond donors (Lipinski definition) is 0. The molecule has 52 heavy (non-hydrogen) atoms. The molecule has 0 saturated heterocycles. The number of fused-ring (bicyclic) bond motifs is 3. The summed E-state index contributed by atoms with van der Waals surface area (Å²) < 4.78 is 22.7. The van der Waals surface area contributed by atoms with Crippen molar-refractivity contribution in [2.75, 3.05) is 0 Å². The molecule has 0 radical (unpaired) electrons. The van der Waals surface area contributed by atoms with E-state index in [1.807, 2.05) is 138 Å². The van der Waals surface area contributed by atoms with Gasteiger partial charge in [0, 0.05) is 32.4 Å². The summed E-state index contributed by atoms with van der Waals surface area (Å²) >= 11 is 0. The molecule has 5 nitrogen and oxygen atoms in total. The van der Waals surface area contributed by atoms with E-state index in [0.29, 0.717) is 17.0 Å². The summed E-state index contributed by atoms with van der Waals surface area (Å²) in [4.78, 5) is 17.7. The van der Waals surface area contributed by atoms with Gasteiger partial charge in [-0.3, -0.25) is 0 Å². The molecule has 5 aromatic heterocycles. The number of aromatic nitrogens is 4. The van der Waals surface area contributed by atoms with Crippen LogP contribution in [0.25, 0.3) is 55.8 Å². The molecular formula is C46H41IrN4O. The first kappa shape index (κ1) is 35.1. The Bertz CT molecular complexity index is 2350. The van der Waals surface area contributed by atoms with E-state index in [-0.39, 0.29) is 26.0 Å². The fourth-order valence-corrected chi connectivity index (χ4v) is 5.31. The van der Waals surface area contributed by atoms with E-state index in [9.17, 15) is 0 Å². The fraction of sp³-hybridized carbons (Fsp3) is 0.174. The molecule has 8 aromatic rings. The molecule has 5 heterocycles. The van der Waals surface area contributed by atoms with Crippen molar-refractivity contribution in [3.8, 4) is 33.8 Å². The largest absolute Gasteiger partial charge is 3.00 e. The molecule has 3 aromatic carbocycles. The fourth-order valence-electron chi connectivity index (χ4n) is 5.31. The molecule has 8 rings (SSSR count). The minimum atomic E-state index is -1.52. The zero-order chi connectivity index (χ0) is 37.5. The van der Waals surface area contributed by atoms with Crippen molar-refractivity contribution >= 4 is 22.1 Å². The maximum absolute atomic E-state index is 8.30. The molecule has 0 amide bonds. The molecule has 0 spiro atoms. The second-order valence-corrected chi connectivity index (χ2v) is 12.7. The third-order valence-corrected chi connectivity index (χ3v) is 8.16. The monoisotopic (exact) mass is 860 g/mol. The molecule has 0 atom stereocenters. The number of nitrogens with zero attached hydrogens (tertiary/aromatic N) is 4. The van der Waals surface area contributed by atoms with Crippen molar-refractivity contribution in [2.45, 2.75) is 47.9 Å². The van der Waals surface area contributed by atoms with Crippen LogP contribution in [-0.2, 0) is 26.5 Å². The Morgan fingerprint density at radius 2 is 1.25 bits per heavy atom. The Morgan fingerprint density at radius 1 is 0.635 bits per heavy atom. The third-order valence-electron chi connectivity index (χ3n) is 8.16. The van der Waals surface area contributed by atoms with Gasteiger partial charge in [-0.15, -0.1) is 90.0 Å². The van der Waals surface area contributed by atoms with Gasteiger partial charge in [0.05, 0.1) is 5.58 Å². The average Bonchev–Trinajstić information content (AvgIpc) is 3.56. The molecule has 260 valence electrons. The SMILES string of the molecule is Cc1ccc(-c2[c-]cccc2)nc1.Cc1ccc(-c2[c-]cccc2)nc1.[2H]C([2H])(c1ccc2c(n1)oc1c(-c3cc(C)c(C)cn3)[c-]ccc12)C(C)C.[Ir+3]. The molecule has 0 aliphatic heterocycles. The van der Waals surface area contributed by atoms with Gasteiger partial charge in [-0.25, -0.2) is 4.98 Å². The summed E-state index contributed by atoms with van der Waals surface area (Å²) in [5.41, 5.74) is 11.8. The Balaban J connectivity index is 0.000000173. The van der Waals surface area contributed by atoms with Crippen molar-refractivity contribution in [3.63, 3.8) is 0 Å². The van der Waals surface area contributed by atoms with Gasteiger partial charge in [-0.2, -0.15) is 0 Å². The topological polar surface area (TPSA) is 64.7 Å². The minimum Gasteiger partial charge on any atom is -0.486 e. The summed E-state index contributed by atoms with van der Waals surface area (Å²) in [5.74, 6) is -0.185. The van der Waals surface area contributed by atoms with Crippen LogP contribution in [0.1, 0.15) is 44.5 Å². The van der Waals surface area contributed by atoms with Crippen LogP contribution in [0.5, 0.6) is 0 Å². The summed E-state index contributed by atoms with van der Waals surface area (Å²) in [6.07, 6.45) is 4.08. The zero-order valence-corrected chi connectivity index (χ0v) is 32.5. The van der Waals surface area contributed by atoms with Gasteiger partial charge in [0.1, 0.15) is 0 Å². The van der Waals surface area contributed by atoms with Crippen molar-refractivity contribution < 1.29 is 27.3 Å². The van der Waals surface area contributed by atoms with Crippen LogP contribution in [-0.4, -0.2) is 19.9 Å². The van der Waals surface area contributed by atoms with E-state index in [1.165, 1.54) is 11.1 Å². The predicted octanol–water partition coefficient (Wildman–Crippen LogP) is 11.4. The third kappa shape index (κ3) is 9.52. The van der Waals surface area contributed by atoms with Gasteiger partial charge in [-0.05, 0) is 85.9 Å². The second kappa shape index (κ2) is 17.8. The van der Waals surface area contributed by atoms with E-state index in [0.717, 1.165) is 55.7 Å². The summed E-state index contributed by atoms with van der Waals surface area (Å²) in [5, 5.41) is 1.80. The summed E-state index contributed by atoms with van der Waals surface area (Å²) in [7, 11) is 0. The number of benzene rings is 3. The smallest absolute Gasteiger partial charge is 0.486 e. The molecule has 0 aliphatic carbocycles. The van der Waals surface area contributed by atoms with Gasteiger partial charge < -0.3 is 19.4 Å². The molecule has 0 aliphatic rings. The Morgan fingerprint density at radius 3 is 1.77 bits per heavy atom. The van der Waals surface area contributed by atoms with Crippen LogP contribution < -0.4 is 0 Å². The molecule has 0 saturated carbocycles. The molecule has 0 unspecified atom stereocenters. The Kier molecular flexibility index (Phi) is 12.0. The number of rotatable bonds is 5. The summed E-state index contributed by atoms with van der Waals surface area (Å²) in [6, 6.07) is 42.9. The molecule has 0 bridgehead atoms. The van der Waals surface area contributed by atoms with Crippen molar-refractivity contribution in [1.82, 2.24) is 19.9 Å². The standard InChI is InChI=1S/C22H21N2O.2C12H10N.Ir/c1-13(2)10-16-8-9-18-17-6-5-7-19(21(17)25-22(18)24-16)20-11-14(3)15(4)12-23-20;2*1-10-7-8-12(13-9-10)11-5-3-2-4-6-11;/h5-6,8-9,11-13H,10H2,1-4H3;2*2-5,7-9H,1H3;/q3*-1;+3/i10D2;;;. The summed E-state index contributed by atoms with van der Waals surface area (Å²) in [6.45, 7) is 11.9. The van der Waals surface area contributed by atoms with Crippen LogP contribution in [0, 0.1) is 51.8 Å². The van der Waals surface area contributed by atoms with Crippen molar-refractivity contribution in [3.05, 3.63) is 168 Å². The van der Waals surface area contributed by atoms with Gasteiger partial charge in [-0.1, -0.05) is 60.7 Å². The Labute approximate surface area is 323 Å². The van der Waals surface area contributed by atoms with E-state index in [1.54, 1.807) is 6.07 Å². The zero-order valence-electron chi connectivity index (χ0n) is 32.2. The van der Waals surface area contributed by atoms with Gasteiger partial charge >= 0.3 is 20.1 Å². The van der Waals surface area contributed by atoms with Crippen LogP contribution in [0.15, 0.2) is 126 Å². The van der Waals surface area contributed by atoms with Crippen molar-refractivity contribution in [2.24, 2.45) is 5.92 Å². The van der Waals surface area contributed by atoms with Crippen LogP contribution in [0.2, 0.25) is 0 Å². The first-order valence-corrected chi connectivity index (χ1v) is 17.0. The maximum atomic E-state index is 8.30. The quantitative estimate of drug-likeness (QED) is 0.161. The van der Waals surface area contributed by atoms with Gasteiger partial charge in [0.2, 0.25) is 5.71 Å². The van der Waals surface area contributed by atoms with Gasteiger partial charge in [0.15, 0.2) is 0 Å². The molecule has 6 heteroatoms. The van der Waals surface area contributed by atoms with Crippen LogP contribution >= 0.6 is 0 Å². The second-order valence-electron chi connectivity index (χ2n) is 12.7. The number of hydrogen-bond acceptors (Lipinski definition) is 5. The number of aryl methyl sites for hydroxylation is 4. The first-order chi connectivity index (χ1) is 25.5. The minimum absolute atomic E-state index is 0. The van der Waals surface area contributed by atoms with E-state index < -0.39 is 6.37 Å². The van der Waals surface area contributed by atoms with Gasteiger partial charge in [0.25, 0.3) is 0 Å². The van der Waals surface area contributed by atoms with E-state index in [4.69, 9.17) is 7.16 Å². The normalized spacial score (nSPS) is 11.4. The van der Waals surface area contributed by atoms with E-state index >= 15 is 0 Å². The average molecular weight is 860 g/mol. The van der Waals surface area contributed by atoms with Crippen LogP contribution in [0.4, 0.5) is 0 Å². The van der Waals surface area contributed by atoms with Crippen LogP contribution in [0.3, 0.4) is 0 Å². The number of furan rings is 1. The predicted molar refractivity (Wildman–Crippen MR) is 208 cm³/mol. The maximum Gasteiger partial charge on any atom is 3.00 e. The van der Waals surface area contributed by atoms with E-state index in [2.05, 4.69) is 57.2 Å². The first-order valence-electron chi connectivity index (χ1n) is 18.0. The molecule has 0 N–H and O–H groups in total. The Hall–Kier alpha value is -5.29. The van der Waals surface area contributed by atoms with Crippen molar-refractivity contribution in [1.29, 1.82) is 0 Å².